The zero-order valence-corrected chi connectivity index (χ0v) is 21.3. The van der Waals surface area contributed by atoms with Gasteiger partial charge in [-0.15, -0.1) is 5.10 Å². The fraction of sp³-hybridized carbons (Fsp3) is 0.333. The van der Waals surface area contributed by atoms with E-state index in [1.807, 2.05) is 25.1 Å². The SMILES string of the molecule is CC(O)CN1CCC(c2ccc(Nc3ncc4ccc(-c5cccc(S(C)(=O)=O)c5)n4n3)cc2)CC1. The highest BCUT2D eigenvalue weighted by atomic mass is 32.2. The molecule has 1 unspecified atom stereocenters. The van der Waals surface area contributed by atoms with Crippen LogP contribution in [0.4, 0.5) is 11.6 Å². The minimum Gasteiger partial charge on any atom is -0.392 e. The van der Waals surface area contributed by atoms with Crippen molar-refractivity contribution in [2.75, 3.05) is 31.2 Å². The number of anilines is 2. The number of rotatable bonds is 7. The third-order valence-electron chi connectivity index (χ3n) is 6.70. The first-order valence-electron chi connectivity index (χ1n) is 12.2. The van der Waals surface area contributed by atoms with Crippen molar-refractivity contribution in [3.63, 3.8) is 0 Å². The molecule has 0 aliphatic carbocycles. The van der Waals surface area contributed by atoms with Gasteiger partial charge in [0, 0.05) is 24.1 Å². The van der Waals surface area contributed by atoms with Crippen molar-refractivity contribution >= 4 is 27.0 Å². The second-order valence-electron chi connectivity index (χ2n) is 9.61. The number of β-amino-alcohol motifs (C(OH)–C–C–N with tert-alkyl or cyclic N) is 1. The number of hydrogen-bond acceptors (Lipinski definition) is 7. The van der Waals surface area contributed by atoms with E-state index in [-0.39, 0.29) is 11.0 Å². The van der Waals surface area contributed by atoms with E-state index < -0.39 is 9.84 Å². The molecular formula is C27H31N5O3S. The van der Waals surface area contributed by atoms with E-state index in [2.05, 4.69) is 44.6 Å². The van der Waals surface area contributed by atoms with Gasteiger partial charge in [0.2, 0.25) is 5.95 Å². The number of nitrogens with zero attached hydrogens (tertiary/aromatic N) is 4. The van der Waals surface area contributed by atoms with Gasteiger partial charge < -0.3 is 15.3 Å². The fourth-order valence-electron chi connectivity index (χ4n) is 4.85. The van der Waals surface area contributed by atoms with Crippen molar-refractivity contribution < 1.29 is 13.5 Å². The van der Waals surface area contributed by atoms with E-state index in [9.17, 15) is 13.5 Å². The molecule has 8 nitrogen and oxygen atoms in total. The molecule has 1 aliphatic heterocycles. The van der Waals surface area contributed by atoms with E-state index in [1.54, 1.807) is 28.9 Å². The van der Waals surface area contributed by atoms with Crippen LogP contribution in [0.25, 0.3) is 16.8 Å². The van der Waals surface area contributed by atoms with Crippen molar-refractivity contribution in [1.82, 2.24) is 19.5 Å². The Balaban J connectivity index is 1.31. The summed E-state index contributed by atoms with van der Waals surface area (Å²) in [4.78, 5) is 7.05. The Hall–Kier alpha value is -3.27. The lowest BCUT2D eigenvalue weighted by molar-refractivity contribution is 0.109. The van der Waals surface area contributed by atoms with Crippen molar-refractivity contribution in [3.05, 3.63) is 72.4 Å². The van der Waals surface area contributed by atoms with Gasteiger partial charge >= 0.3 is 0 Å². The Morgan fingerprint density at radius 2 is 1.83 bits per heavy atom. The molecule has 4 aromatic rings. The van der Waals surface area contributed by atoms with Crippen LogP contribution in [0.3, 0.4) is 0 Å². The second kappa shape index (κ2) is 10.0. The summed E-state index contributed by atoms with van der Waals surface area (Å²) in [7, 11) is -3.30. The molecule has 0 amide bonds. The van der Waals surface area contributed by atoms with Crippen LogP contribution in [0, 0.1) is 0 Å². The van der Waals surface area contributed by atoms with Crippen LogP contribution in [-0.2, 0) is 9.84 Å². The molecule has 2 aromatic heterocycles. The predicted molar refractivity (Wildman–Crippen MR) is 141 cm³/mol. The van der Waals surface area contributed by atoms with Gasteiger partial charge in [-0.25, -0.2) is 17.9 Å². The van der Waals surface area contributed by atoms with Gasteiger partial charge in [-0.2, -0.15) is 0 Å². The highest BCUT2D eigenvalue weighted by Crippen LogP contribution is 2.30. The first-order chi connectivity index (χ1) is 17.3. The van der Waals surface area contributed by atoms with Gasteiger partial charge in [0.1, 0.15) is 0 Å². The van der Waals surface area contributed by atoms with E-state index in [1.165, 1.54) is 11.8 Å². The zero-order valence-electron chi connectivity index (χ0n) is 20.5. The number of sulfone groups is 1. The molecule has 5 rings (SSSR count). The number of fused-ring (bicyclic) bond motifs is 1. The number of nitrogens with one attached hydrogen (secondary N) is 1. The molecule has 1 aliphatic rings. The van der Waals surface area contributed by atoms with Gasteiger partial charge in [0.25, 0.3) is 0 Å². The van der Waals surface area contributed by atoms with Crippen LogP contribution in [0.1, 0.15) is 31.2 Å². The molecular weight excluding hydrogens is 474 g/mol. The van der Waals surface area contributed by atoms with Crippen LogP contribution >= 0.6 is 0 Å². The molecule has 1 saturated heterocycles. The molecule has 1 atom stereocenters. The second-order valence-corrected chi connectivity index (χ2v) is 11.6. The smallest absolute Gasteiger partial charge is 0.245 e. The number of aromatic nitrogens is 3. The topological polar surface area (TPSA) is 99.8 Å². The largest absolute Gasteiger partial charge is 0.392 e. The van der Waals surface area contributed by atoms with Gasteiger partial charge in [-0.1, -0.05) is 24.3 Å². The average Bonchev–Trinajstić information content (AvgIpc) is 3.28. The molecule has 0 radical (unpaired) electrons. The molecule has 0 spiro atoms. The minimum atomic E-state index is -3.30. The van der Waals surface area contributed by atoms with Crippen LogP contribution in [0.5, 0.6) is 0 Å². The molecule has 2 aromatic carbocycles. The summed E-state index contributed by atoms with van der Waals surface area (Å²) in [6, 6.07) is 19.1. The normalized spacial score (nSPS) is 16.3. The summed E-state index contributed by atoms with van der Waals surface area (Å²) < 4.78 is 25.8. The number of likely N-dealkylation sites (tertiary alicyclic amines) is 1. The maximum absolute atomic E-state index is 12.0. The van der Waals surface area contributed by atoms with Crippen LogP contribution in [-0.4, -0.2) is 65.0 Å². The van der Waals surface area contributed by atoms with Gasteiger partial charge in [-0.3, -0.25) is 0 Å². The van der Waals surface area contributed by atoms with E-state index in [0.29, 0.717) is 11.9 Å². The van der Waals surface area contributed by atoms with Gasteiger partial charge in [0.05, 0.1) is 28.4 Å². The predicted octanol–water partition coefficient (Wildman–Crippen LogP) is 4.10. The van der Waals surface area contributed by atoms with Gasteiger partial charge in [0.15, 0.2) is 9.84 Å². The minimum absolute atomic E-state index is 0.274. The summed E-state index contributed by atoms with van der Waals surface area (Å²) in [6.07, 6.45) is 4.85. The maximum atomic E-state index is 12.0. The van der Waals surface area contributed by atoms with Crippen LogP contribution in [0.2, 0.25) is 0 Å². The lowest BCUT2D eigenvalue weighted by atomic mass is 9.89. The van der Waals surface area contributed by atoms with Crippen molar-refractivity contribution in [2.45, 2.75) is 36.7 Å². The molecule has 3 heterocycles. The van der Waals surface area contributed by atoms with E-state index >= 15 is 0 Å². The Kier molecular flexibility index (Phi) is 6.79. The maximum Gasteiger partial charge on any atom is 0.245 e. The number of aliphatic hydroxyl groups excluding tert-OH is 1. The summed E-state index contributed by atoms with van der Waals surface area (Å²) in [5.74, 6) is 0.987. The zero-order chi connectivity index (χ0) is 25.3. The highest BCUT2D eigenvalue weighted by molar-refractivity contribution is 7.90. The molecule has 9 heteroatoms. The van der Waals surface area contributed by atoms with Crippen molar-refractivity contribution in [2.24, 2.45) is 0 Å². The lowest BCUT2D eigenvalue weighted by Gasteiger charge is -2.32. The third-order valence-corrected chi connectivity index (χ3v) is 7.81. The monoisotopic (exact) mass is 505 g/mol. The molecule has 1 fully saturated rings. The number of benzene rings is 2. The van der Waals surface area contributed by atoms with E-state index in [4.69, 9.17) is 0 Å². The molecule has 0 bridgehead atoms. The first-order valence-corrected chi connectivity index (χ1v) is 14.1. The molecule has 36 heavy (non-hydrogen) atoms. The summed E-state index contributed by atoms with van der Waals surface area (Å²) in [5, 5.41) is 17.6. The summed E-state index contributed by atoms with van der Waals surface area (Å²) in [5.41, 5.74) is 4.60. The number of piperidine rings is 1. The average molecular weight is 506 g/mol. The summed E-state index contributed by atoms with van der Waals surface area (Å²) >= 11 is 0. The van der Waals surface area contributed by atoms with Crippen molar-refractivity contribution in [1.29, 1.82) is 0 Å². The highest BCUT2D eigenvalue weighted by Gasteiger charge is 2.21. The Morgan fingerprint density at radius 3 is 2.53 bits per heavy atom. The number of hydrogen-bond donors (Lipinski definition) is 2. The Labute approximate surface area is 211 Å². The third kappa shape index (κ3) is 5.43. The lowest BCUT2D eigenvalue weighted by Crippen LogP contribution is -2.37. The van der Waals surface area contributed by atoms with E-state index in [0.717, 1.165) is 54.9 Å². The fourth-order valence-corrected chi connectivity index (χ4v) is 5.52. The molecule has 188 valence electrons. The van der Waals surface area contributed by atoms with Gasteiger partial charge in [-0.05, 0) is 80.7 Å². The van der Waals surface area contributed by atoms with Crippen LogP contribution in [0.15, 0.2) is 71.8 Å². The quantitative estimate of drug-likeness (QED) is 0.390. The number of aliphatic hydroxyl groups is 1. The van der Waals surface area contributed by atoms with Crippen LogP contribution < -0.4 is 5.32 Å². The van der Waals surface area contributed by atoms with Crippen molar-refractivity contribution in [3.8, 4) is 11.3 Å². The first kappa shape index (κ1) is 24.4. The Bertz CT molecular complexity index is 1460. The molecule has 0 saturated carbocycles. The Morgan fingerprint density at radius 1 is 1.08 bits per heavy atom. The summed E-state index contributed by atoms with van der Waals surface area (Å²) in [6.45, 7) is 4.60. The standard InChI is InChI=1S/C27H31N5O3S/c1-19(33)18-31-14-12-21(13-15-31)20-6-8-23(9-7-20)29-27-28-17-24-10-11-26(32(24)30-27)22-4-3-5-25(16-22)36(2,34)35/h3-11,16-17,19,21,33H,12-15,18H2,1-2H3,(H,29,30). The molecule has 2 N–H and O–H groups in total.